The summed E-state index contributed by atoms with van der Waals surface area (Å²) in [6, 6.07) is 29.2. The molecule has 0 spiro atoms. The zero-order valence-corrected chi connectivity index (χ0v) is 21.5. The average molecular weight is 558 g/mol. The van der Waals surface area contributed by atoms with Gasteiger partial charge in [-0.25, -0.2) is 4.79 Å². The summed E-state index contributed by atoms with van der Waals surface area (Å²) in [6.07, 6.45) is 0. The van der Waals surface area contributed by atoms with Gasteiger partial charge in [-0.1, -0.05) is 76.6 Å². The van der Waals surface area contributed by atoms with Crippen LogP contribution in [0.15, 0.2) is 100 Å². The van der Waals surface area contributed by atoms with Gasteiger partial charge in [0.25, 0.3) is 0 Å². The van der Waals surface area contributed by atoms with E-state index in [1.54, 1.807) is 15.2 Å². The number of benzene rings is 3. The average Bonchev–Trinajstić information content (AvgIpc) is 3.17. The summed E-state index contributed by atoms with van der Waals surface area (Å²) in [5, 5.41) is 0. The molecule has 3 aromatic carbocycles. The molecule has 7 nitrogen and oxygen atoms in total. The van der Waals surface area contributed by atoms with Crippen LogP contribution in [0.25, 0.3) is 16.7 Å². The van der Waals surface area contributed by atoms with Crippen LogP contribution >= 0.6 is 15.9 Å². The van der Waals surface area contributed by atoms with Crippen molar-refractivity contribution in [3.8, 4) is 17.4 Å². The zero-order chi connectivity index (χ0) is 25.2. The van der Waals surface area contributed by atoms with Crippen molar-refractivity contribution in [2.24, 2.45) is 0 Å². The lowest BCUT2D eigenvalue weighted by atomic mass is 10.2. The molecule has 37 heavy (non-hydrogen) atoms. The zero-order valence-electron chi connectivity index (χ0n) is 19.9. The van der Waals surface area contributed by atoms with Crippen LogP contribution in [0.3, 0.4) is 0 Å². The molecule has 0 radical (unpaired) electrons. The third-order valence-corrected chi connectivity index (χ3v) is 6.82. The second-order valence-electron chi connectivity index (χ2n) is 8.83. The summed E-state index contributed by atoms with van der Waals surface area (Å²) in [4.78, 5) is 18.5. The lowest BCUT2D eigenvalue weighted by molar-refractivity contribution is -0.0230. The molecule has 1 aliphatic heterocycles. The maximum atomic E-state index is 13.8. The molecule has 0 atom stereocenters. The fourth-order valence-corrected chi connectivity index (χ4v) is 4.73. The van der Waals surface area contributed by atoms with E-state index in [2.05, 4.69) is 20.9 Å². The number of nitrogens with zero attached hydrogens (tertiary/aromatic N) is 3. The molecule has 0 saturated carbocycles. The Morgan fingerprint density at radius 2 is 1.51 bits per heavy atom. The van der Waals surface area contributed by atoms with Crippen molar-refractivity contribution in [2.45, 2.75) is 19.3 Å². The third-order valence-electron chi connectivity index (χ3n) is 6.32. The van der Waals surface area contributed by atoms with Gasteiger partial charge in [0.15, 0.2) is 0 Å². The van der Waals surface area contributed by atoms with Crippen LogP contribution < -0.4 is 15.2 Å². The molecule has 6 rings (SSSR count). The summed E-state index contributed by atoms with van der Waals surface area (Å²) in [5.41, 5.74) is 4.02. The van der Waals surface area contributed by atoms with Crippen molar-refractivity contribution in [3.05, 3.63) is 117 Å². The van der Waals surface area contributed by atoms with Crippen molar-refractivity contribution in [1.82, 2.24) is 14.1 Å². The molecule has 1 saturated heterocycles. The molecule has 3 heterocycles. The number of rotatable bonds is 8. The Labute approximate surface area is 222 Å². The van der Waals surface area contributed by atoms with Crippen LogP contribution in [0.2, 0.25) is 0 Å². The van der Waals surface area contributed by atoms with Crippen molar-refractivity contribution in [3.63, 3.8) is 0 Å². The number of halogens is 1. The Hall–Kier alpha value is -3.88. The number of aromatic nitrogens is 3. The number of ether oxygens (including phenoxy) is 3. The Kier molecular flexibility index (Phi) is 6.51. The van der Waals surface area contributed by atoms with Crippen molar-refractivity contribution >= 4 is 27.0 Å². The van der Waals surface area contributed by atoms with E-state index < -0.39 is 0 Å². The molecule has 1 fully saturated rings. The fourth-order valence-electron chi connectivity index (χ4n) is 4.38. The molecule has 186 valence electrons. The van der Waals surface area contributed by atoms with E-state index in [0.717, 1.165) is 26.6 Å². The standard InChI is InChI=1S/C29H24BrN3O4/c30-22-11-12-24-26(15-22)32(23-18-35-19-23)29(34)33(24)25-13-14-27(36-16-20-7-3-1-4-8-20)31-28(25)37-17-21-9-5-2-6-10-21/h1-15,23H,16-19H2. The van der Waals surface area contributed by atoms with E-state index in [-0.39, 0.29) is 11.7 Å². The van der Waals surface area contributed by atoms with E-state index in [9.17, 15) is 4.79 Å². The SMILES string of the molecule is O=c1n(-c2ccc(OCc3ccccc3)nc2OCc2ccccc2)c2ccc(Br)cc2n1C1COC1. The Morgan fingerprint density at radius 1 is 0.838 bits per heavy atom. The van der Waals surface area contributed by atoms with Gasteiger partial charge < -0.3 is 14.2 Å². The second-order valence-corrected chi connectivity index (χ2v) is 9.75. The Balaban J connectivity index is 1.43. The van der Waals surface area contributed by atoms with Crippen LogP contribution in [-0.4, -0.2) is 27.3 Å². The van der Waals surface area contributed by atoms with Gasteiger partial charge in [-0.2, -0.15) is 4.98 Å². The lowest BCUT2D eigenvalue weighted by Gasteiger charge is -2.27. The highest BCUT2D eigenvalue weighted by atomic mass is 79.9. The molecule has 0 bridgehead atoms. The minimum atomic E-state index is -0.161. The van der Waals surface area contributed by atoms with Crippen molar-refractivity contribution in [1.29, 1.82) is 0 Å². The highest BCUT2D eigenvalue weighted by molar-refractivity contribution is 9.10. The lowest BCUT2D eigenvalue weighted by Crippen LogP contribution is -2.37. The molecule has 8 heteroatoms. The maximum Gasteiger partial charge on any atom is 0.334 e. The minimum Gasteiger partial charge on any atom is -0.473 e. The number of hydrogen-bond donors (Lipinski definition) is 0. The van der Waals surface area contributed by atoms with E-state index in [4.69, 9.17) is 14.2 Å². The largest absolute Gasteiger partial charge is 0.473 e. The van der Waals surface area contributed by atoms with Gasteiger partial charge in [-0.15, -0.1) is 0 Å². The topological polar surface area (TPSA) is 67.5 Å². The van der Waals surface area contributed by atoms with Gasteiger partial charge in [0.2, 0.25) is 11.8 Å². The van der Waals surface area contributed by atoms with E-state index in [1.807, 2.05) is 84.9 Å². The molecule has 0 amide bonds. The molecule has 0 N–H and O–H groups in total. The molecule has 2 aromatic heterocycles. The molecular formula is C29H24BrN3O4. The molecule has 1 aliphatic rings. The van der Waals surface area contributed by atoms with Gasteiger partial charge in [-0.05, 0) is 35.4 Å². The van der Waals surface area contributed by atoms with E-state index in [0.29, 0.717) is 43.9 Å². The van der Waals surface area contributed by atoms with Gasteiger partial charge in [0.05, 0.1) is 30.3 Å². The smallest absolute Gasteiger partial charge is 0.334 e. The highest BCUT2D eigenvalue weighted by Crippen LogP contribution is 2.31. The first-order chi connectivity index (χ1) is 18.2. The van der Waals surface area contributed by atoms with Crippen molar-refractivity contribution < 1.29 is 14.2 Å². The monoisotopic (exact) mass is 557 g/mol. The quantitative estimate of drug-likeness (QED) is 0.245. The normalized spacial score (nSPS) is 13.4. The number of hydrogen-bond acceptors (Lipinski definition) is 5. The van der Waals surface area contributed by atoms with Crippen LogP contribution in [0, 0.1) is 0 Å². The fraction of sp³-hybridized carbons (Fsp3) is 0.172. The molecule has 0 unspecified atom stereocenters. The van der Waals surface area contributed by atoms with Crippen LogP contribution in [0.5, 0.6) is 11.8 Å². The Bertz CT molecular complexity index is 1590. The van der Waals surface area contributed by atoms with Gasteiger partial charge in [-0.3, -0.25) is 9.13 Å². The van der Waals surface area contributed by atoms with E-state index >= 15 is 0 Å². The highest BCUT2D eigenvalue weighted by Gasteiger charge is 2.28. The molecule has 5 aromatic rings. The van der Waals surface area contributed by atoms with E-state index in [1.165, 1.54) is 0 Å². The summed E-state index contributed by atoms with van der Waals surface area (Å²) >= 11 is 3.55. The summed E-state index contributed by atoms with van der Waals surface area (Å²) in [7, 11) is 0. The Morgan fingerprint density at radius 3 is 2.16 bits per heavy atom. The minimum absolute atomic E-state index is 0.0133. The predicted octanol–water partition coefficient (Wildman–Crippen LogP) is 5.68. The second kappa shape index (κ2) is 10.2. The summed E-state index contributed by atoms with van der Waals surface area (Å²) in [6.45, 7) is 1.69. The van der Waals surface area contributed by atoms with Gasteiger partial charge >= 0.3 is 5.69 Å². The van der Waals surface area contributed by atoms with Gasteiger partial charge in [0.1, 0.15) is 18.9 Å². The number of imidazole rings is 1. The first kappa shape index (κ1) is 23.5. The first-order valence-electron chi connectivity index (χ1n) is 12.0. The van der Waals surface area contributed by atoms with Crippen LogP contribution in [-0.2, 0) is 18.0 Å². The van der Waals surface area contributed by atoms with Crippen LogP contribution in [0.4, 0.5) is 0 Å². The first-order valence-corrected chi connectivity index (χ1v) is 12.8. The number of pyridine rings is 1. The summed E-state index contributed by atoms with van der Waals surface area (Å²) < 4.78 is 21.9. The maximum absolute atomic E-state index is 13.8. The summed E-state index contributed by atoms with van der Waals surface area (Å²) in [5.74, 6) is 0.742. The van der Waals surface area contributed by atoms with Gasteiger partial charge in [0, 0.05) is 10.5 Å². The van der Waals surface area contributed by atoms with Crippen LogP contribution in [0.1, 0.15) is 17.2 Å². The molecule has 0 aliphatic carbocycles. The van der Waals surface area contributed by atoms with Crippen molar-refractivity contribution in [2.75, 3.05) is 13.2 Å². The predicted molar refractivity (Wildman–Crippen MR) is 144 cm³/mol. The third kappa shape index (κ3) is 4.77. The molecular weight excluding hydrogens is 534 g/mol. The number of fused-ring (bicyclic) bond motifs is 1.